The predicted molar refractivity (Wildman–Crippen MR) is 179 cm³/mol. The first kappa shape index (κ1) is 29.7. The van der Waals surface area contributed by atoms with Gasteiger partial charge in [-0.2, -0.15) is 20.1 Å². The van der Waals surface area contributed by atoms with Crippen molar-refractivity contribution in [1.82, 2.24) is 15.0 Å². The molecule has 0 aliphatic carbocycles. The van der Waals surface area contributed by atoms with E-state index in [1.54, 1.807) is 18.2 Å². The lowest BCUT2D eigenvalue weighted by atomic mass is 9.98. The third-order valence-electron chi connectivity index (χ3n) is 6.81. The predicted octanol–water partition coefficient (Wildman–Crippen LogP) is 8.08. The highest BCUT2D eigenvalue weighted by Gasteiger charge is 2.30. The van der Waals surface area contributed by atoms with Crippen LogP contribution >= 0.6 is 34.8 Å². The molecule has 1 aliphatic rings. The maximum atomic E-state index is 9.26. The van der Waals surface area contributed by atoms with Crippen LogP contribution in [0, 0.1) is 0 Å². The van der Waals surface area contributed by atoms with Crippen LogP contribution in [0.2, 0.25) is 15.1 Å². The molecule has 4 aromatic carbocycles. The van der Waals surface area contributed by atoms with Gasteiger partial charge in [-0.1, -0.05) is 77.3 Å². The Balaban J connectivity index is 1.24. The van der Waals surface area contributed by atoms with Gasteiger partial charge in [-0.15, -0.1) is 0 Å². The molecule has 1 unspecified atom stereocenters. The molecule has 2 heterocycles. The monoisotopic (exact) mass is 644 g/mol. The van der Waals surface area contributed by atoms with Crippen molar-refractivity contribution in [3.8, 4) is 0 Å². The van der Waals surface area contributed by atoms with Crippen LogP contribution in [0.3, 0.4) is 0 Å². The number of aromatic nitrogens is 3. The van der Waals surface area contributed by atoms with Gasteiger partial charge in [0, 0.05) is 39.4 Å². The van der Waals surface area contributed by atoms with Crippen LogP contribution in [0.1, 0.15) is 23.6 Å². The summed E-state index contributed by atoms with van der Waals surface area (Å²) in [5.41, 5.74) is 5.44. The molecule has 0 saturated heterocycles. The van der Waals surface area contributed by atoms with Crippen LogP contribution in [0.15, 0.2) is 102 Å². The van der Waals surface area contributed by atoms with Gasteiger partial charge < -0.3 is 21.1 Å². The average Bonchev–Trinajstić information content (AvgIpc) is 3.47. The Kier molecular flexibility index (Phi) is 9.09. The van der Waals surface area contributed by atoms with Gasteiger partial charge in [0.1, 0.15) is 0 Å². The number of benzene rings is 4. The molecule has 5 aromatic rings. The van der Waals surface area contributed by atoms with Crippen molar-refractivity contribution in [2.75, 3.05) is 34.1 Å². The number of halogens is 3. The van der Waals surface area contributed by atoms with Gasteiger partial charge in [0.25, 0.3) is 0 Å². The van der Waals surface area contributed by atoms with Crippen molar-refractivity contribution in [1.29, 1.82) is 0 Å². The lowest BCUT2D eigenvalue weighted by molar-refractivity contribution is 0.311. The van der Waals surface area contributed by atoms with Gasteiger partial charge in [0.15, 0.2) is 0 Å². The second-order valence-electron chi connectivity index (χ2n) is 9.94. The first-order valence-corrected chi connectivity index (χ1v) is 15.0. The molecule has 0 bridgehead atoms. The minimum atomic E-state index is -0.0628. The molecule has 1 aliphatic heterocycles. The zero-order valence-corrected chi connectivity index (χ0v) is 25.5. The highest BCUT2D eigenvalue weighted by atomic mass is 35.5. The van der Waals surface area contributed by atoms with E-state index in [9.17, 15) is 5.11 Å². The van der Waals surface area contributed by atoms with Crippen LogP contribution in [0.5, 0.6) is 0 Å². The van der Waals surface area contributed by atoms with Crippen molar-refractivity contribution >= 4 is 75.4 Å². The van der Waals surface area contributed by atoms with Crippen LogP contribution < -0.4 is 21.0 Å². The fraction of sp³-hybridized carbons (Fsp3) is 0.125. The summed E-state index contributed by atoms with van der Waals surface area (Å²) in [6, 6.07) is 30.8. The van der Waals surface area contributed by atoms with Crippen LogP contribution in [-0.2, 0) is 0 Å². The molecule has 4 N–H and O–H groups in total. The molecule has 1 atom stereocenters. The molecule has 0 amide bonds. The maximum Gasteiger partial charge on any atom is 0.233 e. The minimum absolute atomic E-state index is 0.0137. The number of nitrogens with one attached hydrogen (secondary N) is 3. The summed E-state index contributed by atoms with van der Waals surface area (Å²) in [6.07, 6.45) is 0.702. The van der Waals surface area contributed by atoms with Crippen molar-refractivity contribution in [2.45, 2.75) is 12.5 Å². The zero-order chi connectivity index (χ0) is 30.5. The van der Waals surface area contributed by atoms with E-state index in [2.05, 4.69) is 43.0 Å². The second-order valence-corrected chi connectivity index (χ2v) is 11.2. The number of hydrazone groups is 1. The van der Waals surface area contributed by atoms with Gasteiger partial charge in [-0.3, -0.25) is 5.01 Å². The normalized spacial score (nSPS) is 14.3. The lowest BCUT2D eigenvalue weighted by Crippen LogP contribution is -2.18. The second kappa shape index (κ2) is 13.5. The molecule has 12 heteroatoms. The molecule has 0 radical (unpaired) electrons. The summed E-state index contributed by atoms with van der Waals surface area (Å²) >= 11 is 18.7. The van der Waals surface area contributed by atoms with Crippen molar-refractivity contribution in [2.24, 2.45) is 5.10 Å². The quantitative estimate of drug-likeness (QED) is 0.121. The van der Waals surface area contributed by atoms with Crippen LogP contribution in [-0.4, -0.2) is 38.9 Å². The largest absolute Gasteiger partial charge is 0.395 e. The average molecular weight is 646 g/mol. The van der Waals surface area contributed by atoms with Crippen molar-refractivity contribution in [3.05, 3.63) is 123 Å². The fourth-order valence-corrected chi connectivity index (χ4v) is 5.44. The molecule has 1 aromatic heterocycles. The van der Waals surface area contributed by atoms with Gasteiger partial charge in [0.05, 0.1) is 24.0 Å². The topological polar surface area (TPSA) is 111 Å². The van der Waals surface area contributed by atoms with E-state index < -0.39 is 0 Å². The summed E-state index contributed by atoms with van der Waals surface area (Å²) in [5, 5.41) is 27.4. The zero-order valence-electron chi connectivity index (χ0n) is 23.3. The van der Waals surface area contributed by atoms with E-state index in [4.69, 9.17) is 39.9 Å². The van der Waals surface area contributed by atoms with E-state index in [0.717, 1.165) is 33.9 Å². The first-order chi connectivity index (χ1) is 21.4. The third-order valence-corrected chi connectivity index (χ3v) is 7.50. The molecular formula is C32H27Cl3N8O. The Hall–Kier alpha value is -4.41. The minimum Gasteiger partial charge on any atom is -0.395 e. The SMILES string of the molecule is OCCNc1nc(Nc2ccc(Cl)cc2)nc(Nc2ccc(C3=NN(c4cc(Cl)cc(Cl)c4)C(c4ccccc4)C3)cc2)n1. The highest BCUT2D eigenvalue weighted by molar-refractivity contribution is 6.35. The van der Waals surface area contributed by atoms with E-state index in [1.807, 2.05) is 71.7 Å². The van der Waals surface area contributed by atoms with E-state index in [-0.39, 0.29) is 12.6 Å². The molecule has 222 valence electrons. The Bertz CT molecular complexity index is 1750. The number of anilines is 6. The van der Waals surface area contributed by atoms with E-state index in [0.29, 0.717) is 45.9 Å². The summed E-state index contributed by atoms with van der Waals surface area (Å²) in [7, 11) is 0. The number of rotatable bonds is 10. The Morgan fingerprint density at radius 3 is 1.91 bits per heavy atom. The smallest absolute Gasteiger partial charge is 0.233 e. The molecule has 0 spiro atoms. The fourth-order valence-electron chi connectivity index (χ4n) is 4.80. The summed E-state index contributed by atoms with van der Waals surface area (Å²) in [4.78, 5) is 13.4. The number of aliphatic hydroxyl groups is 1. The standard InChI is InChI=1S/C32H27Cl3N8O/c33-22-8-12-26(13-9-22)38-32-40-30(36-14-15-44)39-31(41-32)37-25-10-6-20(7-11-25)28-19-29(21-4-2-1-3-5-21)43(42-28)27-17-23(34)16-24(35)18-27/h1-13,16-18,29,44H,14-15,19H2,(H3,36,37,38,39,40,41). The molecule has 9 nitrogen and oxygen atoms in total. The Morgan fingerprint density at radius 2 is 1.30 bits per heavy atom. The van der Waals surface area contributed by atoms with Gasteiger partial charge in [-0.05, 0) is 65.7 Å². The molecule has 0 saturated carbocycles. The van der Waals surface area contributed by atoms with Gasteiger partial charge in [-0.25, -0.2) is 0 Å². The number of hydrogen-bond acceptors (Lipinski definition) is 9. The van der Waals surface area contributed by atoms with Crippen LogP contribution in [0.25, 0.3) is 0 Å². The summed E-state index contributed by atoms with van der Waals surface area (Å²) < 4.78 is 0. The van der Waals surface area contributed by atoms with Gasteiger partial charge >= 0.3 is 0 Å². The molecular weight excluding hydrogens is 619 g/mol. The summed E-state index contributed by atoms with van der Waals surface area (Å²) in [6.45, 7) is 0.232. The molecule has 0 fully saturated rings. The van der Waals surface area contributed by atoms with Crippen LogP contribution in [0.4, 0.5) is 34.9 Å². The van der Waals surface area contributed by atoms with Crippen molar-refractivity contribution in [3.63, 3.8) is 0 Å². The Morgan fingerprint density at radius 1 is 0.705 bits per heavy atom. The molecule has 6 rings (SSSR count). The van der Waals surface area contributed by atoms with E-state index >= 15 is 0 Å². The molecule has 44 heavy (non-hydrogen) atoms. The van der Waals surface area contributed by atoms with E-state index in [1.165, 1.54) is 0 Å². The summed E-state index contributed by atoms with van der Waals surface area (Å²) in [5.74, 6) is 0.976. The Labute approximate surface area is 269 Å². The maximum absolute atomic E-state index is 9.26. The number of aliphatic hydroxyl groups excluding tert-OH is 1. The number of hydrogen-bond donors (Lipinski definition) is 4. The van der Waals surface area contributed by atoms with Crippen molar-refractivity contribution < 1.29 is 5.11 Å². The third kappa shape index (κ3) is 7.20. The number of nitrogens with zero attached hydrogens (tertiary/aromatic N) is 5. The van der Waals surface area contributed by atoms with Gasteiger partial charge in [0.2, 0.25) is 17.8 Å². The highest BCUT2D eigenvalue weighted by Crippen LogP contribution is 2.38. The first-order valence-electron chi connectivity index (χ1n) is 13.8. The lowest BCUT2D eigenvalue weighted by Gasteiger charge is -2.24.